The molecular formula is C18H27N5O2. The SMILES string of the molecule is COCCC(=O)N1CCN(c2nc(C(C)C)c(N)cc2C#N)CC1C. The molecule has 0 radical (unpaired) electrons. The number of hydrogen-bond donors (Lipinski definition) is 1. The van der Waals surface area contributed by atoms with E-state index in [4.69, 9.17) is 10.5 Å². The predicted molar refractivity (Wildman–Crippen MR) is 97.3 cm³/mol. The lowest BCUT2D eigenvalue weighted by atomic mass is 10.1. The first-order valence-electron chi connectivity index (χ1n) is 8.62. The van der Waals surface area contributed by atoms with Crippen molar-refractivity contribution in [3.63, 3.8) is 0 Å². The van der Waals surface area contributed by atoms with E-state index in [-0.39, 0.29) is 17.9 Å². The minimum Gasteiger partial charge on any atom is -0.397 e. The van der Waals surface area contributed by atoms with Crippen molar-refractivity contribution < 1.29 is 9.53 Å². The zero-order valence-corrected chi connectivity index (χ0v) is 15.5. The van der Waals surface area contributed by atoms with Gasteiger partial charge in [-0.2, -0.15) is 5.26 Å². The molecule has 1 aromatic heterocycles. The first kappa shape index (κ1) is 19.0. The number of pyridine rings is 1. The molecule has 0 bridgehead atoms. The summed E-state index contributed by atoms with van der Waals surface area (Å²) in [6.07, 6.45) is 0.391. The smallest absolute Gasteiger partial charge is 0.225 e. The van der Waals surface area contributed by atoms with Gasteiger partial charge in [-0.05, 0) is 18.9 Å². The third-order valence-corrected chi connectivity index (χ3v) is 4.50. The van der Waals surface area contributed by atoms with Gasteiger partial charge in [-0.1, -0.05) is 13.8 Å². The van der Waals surface area contributed by atoms with Crippen LogP contribution in [0.1, 0.15) is 44.4 Å². The summed E-state index contributed by atoms with van der Waals surface area (Å²) < 4.78 is 4.99. The van der Waals surface area contributed by atoms with Gasteiger partial charge in [-0.25, -0.2) is 4.98 Å². The second-order valence-electron chi connectivity index (χ2n) is 6.73. The maximum absolute atomic E-state index is 12.3. The van der Waals surface area contributed by atoms with Crippen LogP contribution < -0.4 is 10.6 Å². The van der Waals surface area contributed by atoms with Gasteiger partial charge < -0.3 is 20.3 Å². The van der Waals surface area contributed by atoms with Crippen molar-refractivity contribution in [3.8, 4) is 6.07 Å². The van der Waals surface area contributed by atoms with Gasteiger partial charge in [0.2, 0.25) is 5.91 Å². The molecule has 1 amide bonds. The van der Waals surface area contributed by atoms with Gasteiger partial charge in [0.15, 0.2) is 0 Å². The molecule has 1 saturated heterocycles. The molecule has 7 heteroatoms. The second kappa shape index (κ2) is 8.17. The number of nitriles is 1. The van der Waals surface area contributed by atoms with Crippen molar-refractivity contribution in [2.45, 2.75) is 39.2 Å². The van der Waals surface area contributed by atoms with Crippen molar-refractivity contribution in [3.05, 3.63) is 17.3 Å². The molecular weight excluding hydrogens is 318 g/mol. The van der Waals surface area contributed by atoms with E-state index in [9.17, 15) is 10.1 Å². The number of rotatable bonds is 5. The fourth-order valence-corrected chi connectivity index (χ4v) is 3.17. The van der Waals surface area contributed by atoms with E-state index >= 15 is 0 Å². The fraction of sp³-hybridized carbons (Fsp3) is 0.611. The highest BCUT2D eigenvalue weighted by molar-refractivity contribution is 5.77. The van der Waals surface area contributed by atoms with Gasteiger partial charge in [0.25, 0.3) is 0 Å². The van der Waals surface area contributed by atoms with Crippen LogP contribution in [0.3, 0.4) is 0 Å². The largest absolute Gasteiger partial charge is 0.397 e. The number of hydrogen-bond acceptors (Lipinski definition) is 6. The normalized spacial score (nSPS) is 17.7. The number of aromatic nitrogens is 1. The average Bonchev–Trinajstić information content (AvgIpc) is 2.58. The molecule has 0 saturated carbocycles. The number of piperazine rings is 1. The number of amides is 1. The zero-order chi connectivity index (χ0) is 18.6. The lowest BCUT2D eigenvalue weighted by Gasteiger charge is -2.41. The van der Waals surface area contributed by atoms with Gasteiger partial charge in [0.1, 0.15) is 11.9 Å². The molecule has 25 heavy (non-hydrogen) atoms. The number of carbonyl (C=O) groups excluding carboxylic acids is 1. The Kier molecular flexibility index (Phi) is 6.21. The van der Waals surface area contributed by atoms with Crippen molar-refractivity contribution >= 4 is 17.4 Å². The molecule has 1 unspecified atom stereocenters. The molecule has 1 aliphatic heterocycles. The average molecular weight is 345 g/mol. The van der Waals surface area contributed by atoms with Crippen LogP contribution in [0.2, 0.25) is 0 Å². The molecule has 1 atom stereocenters. The highest BCUT2D eigenvalue weighted by Crippen LogP contribution is 2.28. The van der Waals surface area contributed by atoms with Gasteiger partial charge >= 0.3 is 0 Å². The Morgan fingerprint density at radius 2 is 2.24 bits per heavy atom. The standard InChI is InChI=1S/C18H27N5O2/c1-12(2)17-15(20)9-14(10-19)18(21-17)22-6-7-23(13(3)11-22)16(24)5-8-25-4/h9,12-13H,5-8,11,20H2,1-4H3. The number of nitrogens with zero attached hydrogens (tertiary/aromatic N) is 4. The third-order valence-electron chi connectivity index (χ3n) is 4.50. The number of anilines is 2. The minimum absolute atomic E-state index is 0.0477. The Balaban J connectivity index is 2.20. The number of nitrogens with two attached hydrogens (primary N) is 1. The minimum atomic E-state index is 0.0477. The number of nitrogen functional groups attached to an aromatic ring is 1. The van der Waals surface area contributed by atoms with E-state index in [0.717, 1.165) is 5.69 Å². The Morgan fingerprint density at radius 3 is 2.80 bits per heavy atom. The van der Waals surface area contributed by atoms with Crippen molar-refractivity contribution in [2.24, 2.45) is 0 Å². The Morgan fingerprint density at radius 1 is 1.52 bits per heavy atom. The van der Waals surface area contributed by atoms with Crippen LogP contribution in [0.15, 0.2) is 6.07 Å². The maximum Gasteiger partial charge on any atom is 0.225 e. The van der Waals surface area contributed by atoms with E-state index in [1.54, 1.807) is 13.2 Å². The molecule has 0 aromatic carbocycles. The number of ether oxygens (including phenoxy) is 1. The van der Waals surface area contributed by atoms with Crippen molar-refractivity contribution in [2.75, 3.05) is 44.0 Å². The van der Waals surface area contributed by atoms with Crippen LogP contribution >= 0.6 is 0 Å². The summed E-state index contributed by atoms with van der Waals surface area (Å²) in [6, 6.07) is 3.95. The number of carbonyl (C=O) groups is 1. The topological polar surface area (TPSA) is 95.5 Å². The summed E-state index contributed by atoms with van der Waals surface area (Å²) in [7, 11) is 1.59. The monoisotopic (exact) mass is 345 g/mol. The molecule has 136 valence electrons. The Bertz CT molecular complexity index is 668. The molecule has 0 spiro atoms. The fourth-order valence-electron chi connectivity index (χ4n) is 3.17. The quantitative estimate of drug-likeness (QED) is 0.873. The van der Waals surface area contributed by atoms with Gasteiger partial charge in [-0.15, -0.1) is 0 Å². The summed E-state index contributed by atoms with van der Waals surface area (Å²) in [5.74, 6) is 0.944. The number of methoxy groups -OCH3 is 1. The summed E-state index contributed by atoms with van der Waals surface area (Å²) in [6.45, 7) is 8.41. The van der Waals surface area contributed by atoms with E-state index in [1.807, 2.05) is 25.7 Å². The summed E-state index contributed by atoms with van der Waals surface area (Å²) in [4.78, 5) is 20.9. The first-order valence-corrected chi connectivity index (χ1v) is 8.62. The maximum atomic E-state index is 12.3. The molecule has 2 heterocycles. The van der Waals surface area contributed by atoms with Crippen LogP contribution in [0.25, 0.3) is 0 Å². The van der Waals surface area contributed by atoms with E-state index in [1.165, 1.54) is 0 Å². The van der Waals surface area contributed by atoms with E-state index in [2.05, 4.69) is 16.0 Å². The molecule has 7 nitrogen and oxygen atoms in total. The molecule has 2 N–H and O–H groups in total. The summed E-state index contributed by atoms with van der Waals surface area (Å²) in [5, 5.41) is 9.46. The Hall–Kier alpha value is -2.33. The summed E-state index contributed by atoms with van der Waals surface area (Å²) in [5.41, 5.74) is 7.87. The van der Waals surface area contributed by atoms with Gasteiger partial charge in [0, 0.05) is 32.8 Å². The van der Waals surface area contributed by atoms with Crippen molar-refractivity contribution in [1.29, 1.82) is 5.26 Å². The van der Waals surface area contributed by atoms with E-state index < -0.39 is 0 Å². The first-order chi connectivity index (χ1) is 11.9. The highest BCUT2D eigenvalue weighted by Gasteiger charge is 2.29. The summed E-state index contributed by atoms with van der Waals surface area (Å²) >= 11 is 0. The second-order valence-corrected chi connectivity index (χ2v) is 6.73. The zero-order valence-electron chi connectivity index (χ0n) is 15.5. The molecule has 1 aromatic rings. The lowest BCUT2D eigenvalue weighted by Crippen LogP contribution is -2.54. The van der Waals surface area contributed by atoms with Crippen molar-refractivity contribution in [1.82, 2.24) is 9.88 Å². The third kappa shape index (κ3) is 4.20. The van der Waals surface area contributed by atoms with Crippen LogP contribution in [0.4, 0.5) is 11.5 Å². The van der Waals surface area contributed by atoms with E-state index in [0.29, 0.717) is 49.7 Å². The van der Waals surface area contributed by atoms with Crippen LogP contribution in [-0.4, -0.2) is 55.2 Å². The van der Waals surface area contributed by atoms with Crippen LogP contribution in [0.5, 0.6) is 0 Å². The predicted octanol–water partition coefficient (Wildman–Crippen LogP) is 1.73. The highest BCUT2D eigenvalue weighted by atomic mass is 16.5. The molecule has 0 aliphatic carbocycles. The van der Waals surface area contributed by atoms with Gasteiger partial charge in [0.05, 0.1) is 30.0 Å². The molecule has 1 fully saturated rings. The van der Waals surface area contributed by atoms with Gasteiger partial charge in [-0.3, -0.25) is 4.79 Å². The Labute approximate surface area is 149 Å². The van der Waals surface area contributed by atoms with Crippen LogP contribution in [-0.2, 0) is 9.53 Å². The van der Waals surface area contributed by atoms with Crippen LogP contribution in [0, 0.1) is 11.3 Å². The molecule has 2 rings (SSSR count). The lowest BCUT2D eigenvalue weighted by molar-refractivity contribution is -0.134. The molecule has 1 aliphatic rings.